The molecule has 2 aromatic rings. The van der Waals surface area contributed by atoms with E-state index in [0.717, 1.165) is 17.5 Å². The van der Waals surface area contributed by atoms with E-state index in [1.54, 1.807) is 25.1 Å². The lowest BCUT2D eigenvalue weighted by molar-refractivity contribution is 0.102. The van der Waals surface area contributed by atoms with Crippen LogP contribution < -0.4 is 10.0 Å². The largest absolute Gasteiger partial charge is 0.320 e. The smallest absolute Gasteiger partial charge is 0.277 e. The van der Waals surface area contributed by atoms with Gasteiger partial charge in [0.15, 0.2) is 5.69 Å². The van der Waals surface area contributed by atoms with E-state index in [2.05, 4.69) is 36.2 Å². The maximum absolute atomic E-state index is 12.4. The number of halogens is 1. The van der Waals surface area contributed by atoms with Gasteiger partial charge < -0.3 is 5.32 Å². The van der Waals surface area contributed by atoms with Crippen molar-refractivity contribution >= 4 is 43.2 Å². The molecule has 1 heterocycles. The van der Waals surface area contributed by atoms with Crippen LogP contribution in [0.5, 0.6) is 0 Å². The average molecular weight is 415 g/mol. The maximum Gasteiger partial charge on any atom is 0.277 e. The lowest BCUT2D eigenvalue weighted by atomic mass is 10.1. The molecule has 0 aliphatic heterocycles. The summed E-state index contributed by atoms with van der Waals surface area (Å²) in [5, 5.41) is 9.60. The first-order valence-electron chi connectivity index (χ1n) is 7.22. The van der Waals surface area contributed by atoms with Crippen LogP contribution in [0.25, 0.3) is 0 Å². The van der Waals surface area contributed by atoms with Gasteiger partial charge in [-0.3, -0.25) is 14.6 Å². The Morgan fingerprint density at radius 3 is 2.54 bits per heavy atom. The van der Waals surface area contributed by atoms with Crippen LogP contribution in [-0.4, -0.2) is 30.8 Å². The molecule has 0 fully saturated rings. The van der Waals surface area contributed by atoms with Crippen molar-refractivity contribution in [3.63, 3.8) is 0 Å². The van der Waals surface area contributed by atoms with Gasteiger partial charge in [0, 0.05) is 5.69 Å². The van der Waals surface area contributed by atoms with Gasteiger partial charge in [-0.05, 0) is 46.5 Å². The molecule has 2 rings (SSSR count). The summed E-state index contributed by atoms with van der Waals surface area (Å²) in [4.78, 5) is 12.4. The molecule has 1 aromatic heterocycles. The maximum atomic E-state index is 12.4. The summed E-state index contributed by atoms with van der Waals surface area (Å²) in [6.45, 7) is 5.75. The molecule has 1 aromatic carbocycles. The molecule has 0 aliphatic carbocycles. The Morgan fingerprint density at radius 2 is 2.00 bits per heavy atom. The van der Waals surface area contributed by atoms with E-state index in [4.69, 9.17) is 0 Å². The van der Waals surface area contributed by atoms with Gasteiger partial charge in [0.1, 0.15) is 0 Å². The fourth-order valence-corrected chi connectivity index (χ4v) is 3.51. The molecule has 0 atom stereocenters. The van der Waals surface area contributed by atoms with Crippen LogP contribution in [0.2, 0.25) is 0 Å². The molecule has 7 nitrogen and oxygen atoms in total. The molecule has 24 heavy (non-hydrogen) atoms. The zero-order valence-corrected chi connectivity index (χ0v) is 16.2. The summed E-state index contributed by atoms with van der Waals surface area (Å²) in [6.07, 6.45) is 1.08. The Kier molecular flexibility index (Phi) is 5.34. The predicted molar refractivity (Wildman–Crippen MR) is 98.0 cm³/mol. The number of carbonyl (C=O) groups excluding carboxylic acids is 1. The Balaban J connectivity index is 2.25. The van der Waals surface area contributed by atoms with Crippen molar-refractivity contribution in [3.8, 4) is 0 Å². The second-order valence-corrected chi connectivity index (χ2v) is 8.35. The van der Waals surface area contributed by atoms with E-state index in [0.29, 0.717) is 15.8 Å². The zero-order valence-electron chi connectivity index (χ0n) is 13.8. The van der Waals surface area contributed by atoms with Crippen molar-refractivity contribution in [1.82, 2.24) is 10.2 Å². The van der Waals surface area contributed by atoms with Crippen LogP contribution in [0.15, 0.2) is 22.7 Å². The standard InChI is InChI=1S/C15H19BrN4O3S/c1-8(2)13-12(16)14(19-18-13)15(21)17-10-6-5-9(3)11(7-10)20-24(4,22)23/h5-8,20H,1-4H3,(H,17,21)(H,18,19). The Hall–Kier alpha value is -1.87. The van der Waals surface area contributed by atoms with E-state index >= 15 is 0 Å². The van der Waals surface area contributed by atoms with Gasteiger partial charge in [0.25, 0.3) is 5.91 Å². The first-order valence-corrected chi connectivity index (χ1v) is 9.90. The monoisotopic (exact) mass is 414 g/mol. The van der Waals surface area contributed by atoms with Crippen molar-refractivity contribution in [2.75, 3.05) is 16.3 Å². The number of anilines is 2. The SMILES string of the molecule is Cc1ccc(NC(=O)c2n[nH]c(C(C)C)c2Br)cc1NS(C)(=O)=O. The third-order valence-electron chi connectivity index (χ3n) is 3.32. The second kappa shape index (κ2) is 6.94. The normalized spacial score (nSPS) is 11.6. The number of benzene rings is 1. The third kappa shape index (κ3) is 4.35. The van der Waals surface area contributed by atoms with Gasteiger partial charge in [0.2, 0.25) is 10.0 Å². The van der Waals surface area contributed by atoms with Crippen LogP contribution in [-0.2, 0) is 10.0 Å². The number of nitrogens with zero attached hydrogens (tertiary/aromatic N) is 1. The number of amides is 1. The highest BCUT2D eigenvalue weighted by Gasteiger charge is 2.19. The van der Waals surface area contributed by atoms with Gasteiger partial charge in [-0.2, -0.15) is 5.10 Å². The number of aromatic amines is 1. The molecule has 0 radical (unpaired) electrons. The topological polar surface area (TPSA) is 104 Å². The Morgan fingerprint density at radius 1 is 1.33 bits per heavy atom. The van der Waals surface area contributed by atoms with Crippen molar-refractivity contribution < 1.29 is 13.2 Å². The molecule has 1 amide bonds. The van der Waals surface area contributed by atoms with E-state index in [1.807, 2.05) is 13.8 Å². The molecule has 0 spiro atoms. The van der Waals surface area contributed by atoms with Crippen LogP contribution >= 0.6 is 15.9 Å². The number of carbonyl (C=O) groups is 1. The number of aromatic nitrogens is 2. The molecule has 3 N–H and O–H groups in total. The fourth-order valence-electron chi connectivity index (χ4n) is 2.07. The highest BCUT2D eigenvalue weighted by molar-refractivity contribution is 9.10. The Bertz CT molecular complexity index is 875. The van der Waals surface area contributed by atoms with Crippen molar-refractivity contribution in [2.24, 2.45) is 0 Å². The summed E-state index contributed by atoms with van der Waals surface area (Å²) in [7, 11) is -3.40. The van der Waals surface area contributed by atoms with Crippen molar-refractivity contribution in [3.05, 3.63) is 39.6 Å². The molecule has 0 bridgehead atoms. The fraction of sp³-hybridized carbons (Fsp3) is 0.333. The lowest BCUT2D eigenvalue weighted by Crippen LogP contribution is -2.14. The molecule has 9 heteroatoms. The number of H-pyrrole nitrogens is 1. The molecule has 0 aliphatic rings. The average Bonchev–Trinajstić information content (AvgIpc) is 2.83. The van der Waals surface area contributed by atoms with Crippen LogP contribution in [0, 0.1) is 6.92 Å². The number of hydrogen-bond acceptors (Lipinski definition) is 4. The molecular formula is C15H19BrN4O3S. The number of aryl methyl sites for hydroxylation is 1. The third-order valence-corrected chi connectivity index (χ3v) is 4.71. The van der Waals surface area contributed by atoms with Gasteiger partial charge in [-0.15, -0.1) is 0 Å². The van der Waals surface area contributed by atoms with Crippen molar-refractivity contribution in [2.45, 2.75) is 26.7 Å². The predicted octanol–water partition coefficient (Wildman–Crippen LogP) is 3.23. The van der Waals surface area contributed by atoms with Crippen LogP contribution in [0.4, 0.5) is 11.4 Å². The van der Waals surface area contributed by atoms with Crippen LogP contribution in [0.3, 0.4) is 0 Å². The minimum Gasteiger partial charge on any atom is -0.320 e. The van der Waals surface area contributed by atoms with E-state index in [1.165, 1.54) is 0 Å². The van der Waals surface area contributed by atoms with E-state index < -0.39 is 10.0 Å². The minimum absolute atomic E-state index is 0.193. The molecule has 0 unspecified atom stereocenters. The molecule has 130 valence electrons. The number of nitrogens with one attached hydrogen (secondary N) is 3. The van der Waals surface area contributed by atoms with Gasteiger partial charge in [-0.1, -0.05) is 19.9 Å². The summed E-state index contributed by atoms with van der Waals surface area (Å²) in [5.41, 5.74) is 2.72. The molecule has 0 saturated carbocycles. The molecule has 0 saturated heterocycles. The quantitative estimate of drug-likeness (QED) is 0.698. The highest BCUT2D eigenvalue weighted by atomic mass is 79.9. The second-order valence-electron chi connectivity index (χ2n) is 5.81. The minimum atomic E-state index is -3.40. The number of rotatable bonds is 5. The van der Waals surface area contributed by atoms with E-state index in [-0.39, 0.29) is 17.5 Å². The first-order chi connectivity index (χ1) is 11.1. The zero-order chi connectivity index (χ0) is 18.1. The number of hydrogen-bond donors (Lipinski definition) is 3. The Labute approximate surface area is 149 Å². The van der Waals surface area contributed by atoms with Gasteiger partial charge in [0.05, 0.1) is 22.1 Å². The summed E-state index contributed by atoms with van der Waals surface area (Å²) >= 11 is 3.39. The number of sulfonamides is 1. The van der Waals surface area contributed by atoms with E-state index in [9.17, 15) is 13.2 Å². The van der Waals surface area contributed by atoms with Gasteiger partial charge >= 0.3 is 0 Å². The van der Waals surface area contributed by atoms with Crippen LogP contribution in [0.1, 0.15) is 41.5 Å². The highest BCUT2D eigenvalue weighted by Crippen LogP contribution is 2.27. The van der Waals surface area contributed by atoms with Gasteiger partial charge in [-0.25, -0.2) is 8.42 Å². The lowest BCUT2D eigenvalue weighted by Gasteiger charge is -2.11. The summed E-state index contributed by atoms with van der Waals surface area (Å²) in [6, 6.07) is 4.99. The first kappa shape index (κ1) is 18.5. The van der Waals surface area contributed by atoms with Crippen molar-refractivity contribution in [1.29, 1.82) is 0 Å². The summed E-state index contributed by atoms with van der Waals surface area (Å²) < 4.78 is 25.8. The molecular weight excluding hydrogens is 396 g/mol. The summed E-state index contributed by atoms with van der Waals surface area (Å²) in [5.74, 6) is -0.197.